The highest BCUT2D eigenvalue weighted by molar-refractivity contribution is 7.99. The first-order valence-corrected chi connectivity index (χ1v) is 8.61. The minimum atomic E-state index is -0.302. The van der Waals surface area contributed by atoms with E-state index in [2.05, 4.69) is 4.90 Å². The molecule has 0 unspecified atom stereocenters. The Kier molecular flexibility index (Phi) is 4.99. The van der Waals surface area contributed by atoms with Crippen LogP contribution in [0.1, 0.15) is 35.9 Å². The van der Waals surface area contributed by atoms with Gasteiger partial charge in [-0.3, -0.25) is 0 Å². The average Bonchev–Trinajstić information content (AvgIpc) is 2.77. The fraction of sp³-hybridized carbons (Fsp3) is 0.615. The number of carbonyl (C=O) groups is 1. The highest BCUT2D eigenvalue weighted by atomic mass is 32.2. The number of hydrogen-bond donors (Lipinski definition) is 1. The van der Waals surface area contributed by atoms with E-state index in [1.54, 1.807) is 11.8 Å². The summed E-state index contributed by atoms with van der Waals surface area (Å²) in [6, 6.07) is 0. The maximum absolute atomic E-state index is 11.9. The number of anilines is 2. The lowest BCUT2D eigenvalue weighted by Gasteiger charge is -2.28. The van der Waals surface area contributed by atoms with E-state index in [4.69, 9.17) is 10.5 Å². The maximum atomic E-state index is 11.9. The first-order valence-electron chi connectivity index (χ1n) is 6.57. The summed E-state index contributed by atoms with van der Waals surface area (Å²) < 4.78 is 5.07. The third-order valence-electron chi connectivity index (χ3n) is 3.19. The van der Waals surface area contributed by atoms with Crippen LogP contribution < -0.4 is 10.6 Å². The third-order valence-corrected chi connectivity index (χ3v) is 5.39. The summed E-state index contributed by atoms with van der Waals surface area (Å²) in [6.07, 6.45) is 5.71. The molecular weight excluding hydrogens is 280 g/mol. The number of thiophene rings is 1. The standard InChI is InChI=1S/C13H20N2O2S2/c1-3-17-13(16)11-9(14)10(18-2)12(19-11)15-7-5-4-6-8-15/h3-8,14H2,1-2H3. The molecule has 19 heavy (non-hydrogen) atoms. The minimum Gasteiger partial charge on any atom is -0.462 e. The Labute approximate surface area is 122 Å². The van der Waals surface area contributed by atoms with Crippen molar-refractivity contribution in [2.45, 2.75) is 31.1 Å². The lowest BCUT2D eigenvalue weighted by atomic mass is 10.1. The number of nitrogens with two attached hydrogens (primary N) is 1. The van der Waals surface area contributed by atoms with Crippen molar-refractivity contribution >= 4 is 39.8 Å². The van der Waals surface area contributed by atoms with Gasteiger partial charge in [0.1, 0.15) is 9.88 Å². The summed E-state index contributed by atoms with van der Waals surface area (Å²) in [5.41, 5.74) is 6.69. The van der Waals surface area contributed by atoms with Gasteiger partial charge in [0.2, 0.25) is 0 Å². The van der Waals surface area contributed by atoms with E-state index in [1.165, 1.54) is 30.6 Å². The Bertz CT molecular complexity index is 454. The molecule has 0 radical (unpaired) electrons. The number of nitrogen functional groups attached to an aromatic ring is 1. The monoisotopic (exact) mass is 300 g/mol. The molecular formula is C13H20N2O2S2. The lowest BCUT2D eigenvalue weighted by Crippen LogP contribution is -2.28. The first-order chi connectivity index (χ1) is 9.19. The average molecular weight is 300 g/mol. The molecule has 1 aliphatic rings. The van der Waals surface area contributed by atoms with Gasteiger partial charge >= 0.3 is 5.97 Å². The highest BCUT2D eigenvalue weighted by Gasteiger charge is 2.25. The second kappa shape index (κ2) is 6.52. The van der Waals surface area contributed by atoms with E-state index >= 15 is 0 Å². The number of carbonyl (C=O) groups excluding carboxylic acids is 1. The van der Waals surface area contributed by atoms with Crippen LogP contribution in [0, 0.1) is 0 Å². The van der Waals surface area contributed by atoms with E-state index in [0.29, 0.717) is 17.2 Å². The van der Waals surface area contributed by atoms with Gasteiger partial charge in [-0.1, -0.05) is 0 Å². The molecule has 4 nitrogen and oxygen atoms in total. The molecule has 6 heteroatoms. The van der Waals surface area contributed by atoms with Crippen LogP contribution in [0.25, 0.3) is 0 Å². The van der Waals surface area contributed by atoms with Crippen LogP contribution in [-0.2, 0) is 4.74 Å². The summed E-state index contributed by atoms with van der Waals surface area (Å²) in [4.78, 5) is 15.8. The fourth-order valence-corrected chi connectivity index (χ4v) is 4.39. The zero-order valence-electron chi connectivity index (χ0n) is 11.4. The Morgan fingerprint density at radius 2 is 2.11 bits per heavy atom. The predicted octanol–water partition coefficient (Wildman–Crippen LogP) is 3.22. The van der Waals surface area contributed by atoms with E-state index in [0.717, 1.165) is 23.0 Å². The predicted molar refractivity (Wildman–Crippen MR) is 82.5 cm³/mol. The Morgan fingerprint density at radius 3 is 2.68 bits per heavy atom. The summed E-state index contributed by atoms with van der Waals surface area (Å²) in [6.45, 7) is 4.29. The van der Waals surface area contributed by atoms with Crippen LogP contribution in [0.2, 0.25) is 0 Å². The molecule has 0 saturated carbocycles. The maximum Gasteiger partial charge on any atom is 0.350 e. The van der Waals surface area contributed by atoms with E-state index in [9.17, 15) is 4.79 Å². The molecule has 2 rings (SSSR count). The number of rotatable bonds is 4. The molecule has 1 aliphatic heterocycles. The van der Waals surface area contributed by atoms with Crippen LogP contribution in [0.3, 0.4) is 0 Å². The van der Waals surface area contributed by atoms with Gasteiger partial charge < -0.3 is 15.4 Å². The molecule has 2 heterocycles. The van der Waals surface area contributed by atoms with E-state index < -0.39 is 0 Å². The molecule has 1 aromatic heterocycles. The van der Waals surface area contributed by atoms with Crippen molar-refractivity contribution in [2.75, 3.05) is 36.6 Å². The zero-order valence-corrected chi connectivity index (χ0v) is 13.0. The first kappa shape index (κ1) is 14.5. The molecule has 1 aromatic rings. The summed E-state index contributed by atoms with van der Waals surface area (Å²) in [5.74, 6) is -0.302. The zero-order chi connectivity index (χ0) is 13.8. The topological polar surface area (TPSA) is 55.6 Å². The number of hydrogen-bond acceptors (Lipinski definition) is 6. The Morgan fingerprint density at radius 1 is 1.42 bits per heavy atom. The van der Waals surface area contributed by atoms with Gasteiger partial charge in [0.25, 0.3) is 0 Å². The Hall–Kier alpha value is -0.880. The molecule has 0 atom stereocenters. The van der Waals surface area contributed by atoms with Crippen molar-refractivity contribution in [3.05, 3.63) is 4.88 Å². The fourth-order valence-electron chi connectivity index (χ4n) is 2.27. The van der Waals surface area contributed by atoms with Gasteiger partial charge in [-0.05, 0) is 32.4 Å². The lowest BCUT2D eigenvalue weighted by molar-refractivity contribution is 0.0533. The second-order valence-electron chi connectivity index (χ2n) is 4.45. The molecule has 2 N–H and O–H groups in total. The van der Waals surface area contributed by atoms with Crippen molar-refractivity contribution < 1.29 is 9.53 Å². The molecule has 106 valence electrons. The largest absolute Gasteiger partial charge is 0.462 e. The minimum absolute atomic E-state index is 0.302. The van der Waals surface area contributed by atoms with Gasteiger partial charge in [0, 0.05) is 13.1 Å². The molecule has 1 saturated heterocycles. The Balaban J connectivity index is 2.32. The number of thioether (sulfide) groups is 1. The molecule has 0 aliphatic carbocycles. The summed E-state index contributed by atoms with van der Waals surface area (Å²) in [7, 11) is 0. The quantitative estimate of drug-likeness (QED) is 0.683. The van der Waals surface area contributed by atoms with Crippen LogP contribution in [0.4, 0.5) is 10.7 Å². The van der Waals surface area contributed by atoms with Crippen LogP contribution in [0.15, 0.2) is 4.90 Å². The molecule has 0 aromatic carbocycles. The van der Waals surface area contributed by atoms with E-state index in [-0.39, 0.29) is 5.97 Å². The van der Waals surface area contributed by atoms with Crippen molar-refractivity contribution in [2.24, 2.45) is 0 Å². The van der Waals surface area contributed by atoms with Crippen molar-refractivity contribution in [1.29, 1.82) is 0 Å². The highest BCUT2D eigenvalue weighted by Crippen LogP contribution is 2.44. The van der Waals surface area contributed by atoms with Crippen molar-refractivity contribution in [3.8, 4) is 0 Å². The van der Waals surface area contributed by atoms with Gasteiger partial charge in [0.05, 0.1) is 17.2 Å². The van der Waals surface area contributed by atoms with Crippen molar-refractivity contribution in [1.82, 2.24) is 0 Å². The second-order valence-corrected chi connectivity index (χ2v) is 6.27. The third kappa shape index (κ3) is 3.00. The van der Waals surface area contributed by atoms with Crippen LogP contribution in [-0.4, -0.2) is 31.9 Å². The molecule has 0 spiro atoms. The van der Waals surface area contributed by atoms with Gasteiger partial charge in [-0.2, -0.15) is 0 Å². The van der Waals surface area contributed by atoms with Gasteiger partial charge in [-0.25, -0.2) is 4.79 Å². The number of esters is 1. The summed E-state index contributed by atoms with van der Waals surface area (Å²) >= 11 is 3.08. The van der Waals surface area contributed by atoms with Crippen molar-refractivity contribution in [3.63, 3.8) is 0 Å². The molecule has 0 bridgehead atoms. The summed E-state index contributed by atoms with van der Waals surface area (Å²) in [5, 5.41) is 1.13. The van der Waals surface area contributed by atoms with Gasteiger partial charge in [0.15, 0.2) is 0 Å². The van der Waals surface area contributed by atoms with E-state index in [1.807, 2.05) is 13.2 Å². The number of piperidine rings is 1. The smallest absolute Gasteiger partial charge is 0.350 e. The molecule has 0 amide bonds. The molecule has 1 fully saturated rings. The van der Waals surface area contributed by atoms with Crippen LogP contribution in [0.5, 0.6) is 0 Å². The SMILES string of the molecule is CCOC(=O)c1sc(N2CCCCC2)c(SC)c1N. The van der Waals surface area contributed by atoms with Crippen LogP contribution >= 0.6 is 23.1 Å². The number of nitrogens with zero attached hydrogens (tertiary/aromatic N) is 1. The van der Waals surface area contributed by atoms with Gasteiger partial charge in [-0.15, -0.1) is 23.1 Å². The number of ether oxygens (including phenoxy) is 1. The normalized spacial score (nSPS) is 15.6.